The highest BCUT2D eigenvalue weighted by molar-refractivity contribution is 7.71. The number of aromatic amines is 2. The monoisotopic (exact) mass is 229 g/mol. The lowest BCUT2D eigenvalue weighted by Crippen LogP contribution is -1.85. The molecule has 0 unspecified atom stereocenters. The number of hydrogen-bond acceptors (Lipinski definition) is 4. The molecule has 0 aliphatic heterocycles. The third kappa shape index (κ3) is 1.49. The summed E-state index contributed by atoms with van der Waals surface area (Å²) < 4.78 is 0.439. The van der Waals surface area contributed by atoms with E-state index in [0.29, 0.717) is 10.6 Å². The maximum atomic E-state index is 4.90. The highest BCUT2D eigenvalue weighted by Crippen LogP contribution is 2.18. The smallest absolute Gasteiger partial charge is 0.213 e. The standard InChI is InChI=1S/C10H7N5S/c16-10-13-9(14-15-10)6-1-2-7-8(5-6)12-4-3-11-7/h1-5H,(H2,13,14,15,16). The minimum absolute atomic E-state index is 0.439. The van der Waals surface area contributed by atoms with Crippen LogP contribution in [0.15, 0.2) is 30.6 Å². The summed E-state index contributed by atoms with van der Waals surface area (Å²) in [6.07, 6.45) is 3.34. The molecule has 1 aromatic carbocycles. The molecule has 0 radical (unpaired) electrons. The Morgan fingerprint density at radius 3 is 2.56 bits per heavy atom. The van der Waals surface area contributed by atoms with Crippen LogP contribution in [0.1, 0.15) is 0 Å². The number of benzene rings is 1. The van der Waals surface area contributed by atoms with Gasteiger partial charge in [0.25, 0.3) is 0 Å². The first kappa shape index (κ1) is 9.17. The fraction of sp³-hybridized carbons (Fsp3) is 0. The van der Waals surface area contributed by atoms with E-state index >= 15 is 0 Å². The van der Waals surface area contributed by atoms with Crippen molar-refractivity contribution in [1.29, 1.82) is 0 Å². The summed E-state index contributed by atoms with van der Waals surface area (Å²) in [4.78, 5) is 12.6. The highest BCUT2D eigenvalue weighted by Gasteiger charge is 2.03. The number of aromatic nitrogens is 5. The maximum Gasteiger partial charge on any atom is 0.213 e. The number of nitrogens with zero attached hydrogens (tertiary/aromatic N) is 3. The minimum atomic E-state index is 0.439. The van der Waals surface area contributed by atoms with Gasteiger partial charge in [-0.05, 0) is 30.4 Å². The van der Waals surface area contributed by atoms with Gasteiger partial charge in [-0.2, -0.15) is 4.98 Å². The molecule has 0 atom stereocenters. The van der Waals surface area contributed by atoms with Crippen molar-refractivity contribution in [2.45, 2.75) is 0 Å². The Balaban J connectivity index is 2.22. The molecular weight excluding hydrogens is 222 g/mol. The molecule has 2 aromatic heterocycles. The van der Waals surface area contributed by atoms with Crippen LogP contribution in [0.2, 0.25) is 0 Å². The first-order chi connectivity index (χ1) is 7.83. The van der Waals surface area contributed by atoms with Crippen molar-refractivity contribution >= 4 is 23.3 Å². The predicted molar refractivity (Wildman–Crippen MR) is 62.3 cm³/mol. The third-order valence-corrected chi connectivity index (χ3v) is 2.44. The van der Waals surface area contributed by atoms with Gasteiger partial charge in [0.15, 0.2) is 5.82 Å². The molecule has 6 heteroatoms. The number of fused-ring (bicyclic) bond motifs is 1. The number of H-pyrrole nitrogens is 2. The second kappa shape index (κ2) is 3.49. The lowest BCUT2D eigenvalue weighted by atomic mass is 10.2. The van der Waals surface area contributed by atoms with E-state index in [0.717, 1.165) is 16.6 Å². The molecule has 0 aliphatic rings. The van der Waals surface area contributed by atoms with Crippen LogP contribution >= 0.6 is 12.2 Å². The SMILES string of the molecule is S=c1nc(-c2ccc3nccnc3c2)[nH][nH]1. The Hall–Kier alpha value is -2.08. The summed E-state index contributed by atoms with van der Waals surface area (Å²) in [5, 5.41) is 5.66. The van der Waals surface area contributed by atoms with Gasteiger partial charge in [0.2, 0.25) is 4.77 Å². The molecule has 5 nitrogen and oxygen atoms in total. The molecule has 0 bridgehead atoms. The van der Waals surface area contributed by atoms with E-state index in [9.17, 15) is 0 Å². The van der Waals surface area contributed by atoms with Gasteiger partial charge in [0, 0.05) is 18.0 Å². The zero-order chi connectivity index (χ0) is 11.0. The quantitative estimate of drug-likeness (QED) is 0.627. The molecule has 0 aliphatic carbocycles. The fourth-order valence-electron chi connectivity index (χ4n) is 1.52. The van der Waals surface area contributed by atoms with Gasteiger partial charge in [-0.25, -0.2) is 0 Å². The van der Waals surface area contributed by atoms with Gasteiger partial charge in [-0.15, -0.1) is 0 Å². The average Bonchev–Trinajstić information content (AvgIpc) is 2.75. The van der Waals surface area contributed by atoms with Crippen LogP contribution in [0.5, 0.6) is 0 Å². The van der Waals surface area contributed by atoms with Gasteiger partial charge >= 0.3 is 0 Å². The lowest BCUT2D eigenvalue weighted by molar-refractivity contribution is 1.08. The van der Waals surface area contributed by atoms with Gasteiger partial charge in [0.1, 0.15) is 0 Å². The van der Waals surface area contributed by atoms with E-state index in [1.807, 2.05) is 18.2 Å². The van der Waals surface area contributed by atoms with Gasteiger partial charge in [0.05, 0.1) is 11.0 Å². The topological polar surface area (TPSA) is 70.2 Å². The lowest BCUT2D eigenvalue weighted by Gasteiger charge is -1.98. The van der Waals surface area contributed by atoms with E-state index in [4.69, 9.17) is 12.2 Å². The highest BCUT2D eigenvalue weighted by atomic mass is 32.1. The van der Waals surface area contributed by atoms with Gasteiger partial charge in [-0.1, -0.05) is 0 Å². The first-order valence-corrected chi connectivity index (χ1v) is 5.09. The van der Waals surface area contributed by atoms with E-state index in [1.165, 1.54) is 0 Å². The van der Waals surface area contributed by atoms with E-state index in [2.05, 4.69) is 25.1 Å². The summed E-state index contributed by atoms with van der Waals surface area (Å²) in [7, 11) is 0. The van der Waals surface area contributed by atoms with Crippen molar-refractivity contribution in [3.05, 3.63) is 35.4 Å². The van der Waals surface area contributed by atoms with Crippen LogP contribution in [0, 0.1) is 4.77 Å². The summed E-state index contributed by atoms with van der Waals surface area (Å²) in [6, 6.07) is 5.76. The fourth-order valence-corrected chi connectivity index (χ4v) is 1.66. The molecular formula is C10H7N5S. The third-order valence-electron chi connectivity index (χ3n) is 2.24. The van der Waals surface area contributed by atoms with Crippen molar-refractivity contribution in [3.8, 4) is 11.4 Å². The first-order valence-electron chi connectivity index (χ1n) is 4.69. The molecule has 0 fully saturated rings. The molecule has 16 heavy (non-hydrogen) atoms. The Morgan fingerprint density at radius 2 is 1.81 bits per heavy atom. The average molecular weight is 229 g/mol. The van der Waals surface area contributed by atoms with Crippen molar-refractivity contribution in [1.82, 2.24) is 25.1 Å². The zero-order valence-corrected chi connectivity index (χ0v) is 8.95. The van der Waals surface area contributed by atoms with E-state index < -0.39 is 0 Å². The van der Waals surface area contributed by atoms with E-state index in [1.54, 1.807) is 12.4 Å². The normalized spacial score (nSPS) is 10.8. The van der Waals surface area contributed by atoms with Crippen LogP contribution in [-0.2, 0) is 0 Å². The van der Waals surface area contributed by atoms with E-state index in [-0.39, 0.29) is 0 Å². The second-order valence-corrected chi connectivity index (χ2v) is 3.66. The zero-order valence-electron chi connectivity index (χ0n) is 8.14. The number of nitrogens with one attached hydrogen (secondary N) is 2. The molecule has 3 aromatic rings. The molecule has 2 N–H and O–H groups in total. The van der Waals surface area contributed by atoms with Crippen LogP contribution in [0.25, 0.3) is 22.4 Å². The second-order valence-electron chi connectivity index (χ2n) is 3.28. The summed E-state index contributed by atoms with van der Waals surface area (Å²) in [6.45, 7) is 0. The largest absolute Gasteiger partial charge is 0.282 e. The van der Waals surface area contributed by atoms with Gasteiger partial charge < -0.3 is 0 Å². The van der Waals surface area contributed by atoms with Crippen LogP contribution in [-0.4, -0.2) is 25.1 Å². The Kier molecular flexibility index (Phi) is 2.00. The van der Waals surface area contributed by atoms with Crippen molar-refractivity contribution < 1.29 is 0 Å². The molecule has 3 rings (SSSR count). The summed E-state index contributed by atoms with van der Waals surface area (Å²) >= 11 is 4.90. The van der Waals surface area contributed by atoms with Crippen molar-refractivity contribution in [2.75, 3.05) is 0 Å². The molecule has 78 valence electrons. The Labute approximate surface area is 95.6 Å². The molecule has 0 saturated carbocycles. The Bertz CT molecular complexity index is 699. The number of rotatable bonds is 1. The van der Waals surface area contributed by atoms with Crippen LogP contribution < -0.4 is 0 Å². The van der Waals surface area contributed by atoms with Crippen LogP contribution in [0.4, 0.5) is 0 Å². The Morgan fingerprint density at radius 1 is 1.00 bits per heavy atom. The maximum absolute atomic E-state index is 4.90. The van der Waals surface area contributed by atoms with Crippen molar-refractivity contribution in [2.24, 2.45) is 0 Å². The predicted octanol–water partition coefficient (Wildman–Crippen LogP) is 2.08. The summed E-state index contributed by atoms with van der Waals surface area (Å²) in [5.41, 5.74) is 2.63. The molecule has 2 heterocycles. The minimum Gasteiger partial charge on any atom is -0.282 e. The summed E-state index contributed by atoms with van der Waals surface area (Å²) in [5.74, 6) is 0.706. The van der Waals surface area contributed by atoms with Crippen molar-refractivity contribution in [3.63, 3.8) is 0 Å². The van der Waals surface area contributed by atoms with Crippen LogP contribution in [0.3, 0.4) is 0 Å². The number of hydrogen-bond donors (Lipinski definition) is 2. The molecule has 0 amide bonds. The molecule has 0 saturated heterocycles. The molecule has 0 spiro atoms. The van der Waals surface area contributed by atoms with Gasteiger partial charge in [-0.3, -0.25) is 20.2 Å².